The molecule has 2 N–H and O–H groups in total. The molecule has 1 saturated heterocycles. The largest absolute Gasteiger partial charge is 0.326 e. The van der Waals surface area contributed by atoms with Crippen LogP contribution in [0.4, 0.5) is 0 Å². The topological polar surface area (TPSA) is 26.0 Å². The van der Waals surface area contributed by atoms with Gasteiger partial charge in [-0.05, 0) is 37.4 Å². The number of rotatable bonds is 2. The van der Waals surface area contributed by atoms with E-state index in [1.54, 1.807) is 0 Å². The summed E-state index contributed by atoms with van der Waals surface area (Å²) in [6.07, 6.45) is 8.43. The van der Waals surface area contributed by atoms with Crippen molar-refractivity contribution >= 4 is 11.8 Å². The maximum Gasteiger partial charge on any atom is 0.0202 e. The van der Waals surface area contributed by atoms with Crippen molar-refractivity contribution < 1.29 is 0 Å². The van der Waals surface area contributed by atoms with E-state index in [0.29, 0.717) is 6.04 Å². The Morgan fingerprint density at radius 1 is 1.08 bits per heavy atom. The highest BCUT2D eigenvalue weighted by Crippen LogP contribution is 2.36. The van der Waals surface area contributed by atoms with E-state index >= 15 is 0 Å². The molecule has 0 bridgehead atoms. The van der Waals surface area contributed by atoms with Crippen molar-refractivity contribution in [2.24, 2.45) is 11.7 Å². The van der Waals surface area contributed by atoms with Crippen molar-refractivity contribution in [3.05, 3.63) is 0 Å². The average Bonchev–Trinajstić information content (AvgIpc) is 2.77. The van der Waals surface area contributed by atoms with Crippen molar-refractivity contribution in [1.29, 1.82) is 0 Å². The molecule has 0 radical (unpaired) electrons. The first-order valence-corrected chi connectivity index (χ1v) is 6.30. The van der Waals surface area contributed by atoms with Crippen molar-refractivity contribution in [2.45, 2.75) is 49.8 Å². The van der Waals surface area contributed by atoms with Gasteiger partial charge in [0.1, 0.15) is 0 Å². The predicted molar refractivity (Wildman–Crippen MR) is 55.4 cm³/mol. The molecule has 2 fully saturated rings. The highest BCUT2D eigenvalue weighted by Gasteiger charge is 2.30. The van der Waals surface area contributed by atoms with Crippen LogP contribution in [0, 0.1) is 5.92 Å². The molecule has 2 heteroatoms. The van der Waals surface area contributed by atoms with Crippen molar-refractivity contribution in [1.82, 2.24) is 0 Å². The summed E-state index contributed by atoms with van der Waals surface area (Å²) in [6, 6.07) is 0.514. The van der Waals surface area contributed by atoms with Gasteiger partial charge in [-0.3, -0.25) is 0 Å². The summed E-state index contributed by atoms with van der Waals surface area (Å²) >= 11 is 2.11. The number of hydrogen-bond donors (Lipinski definition) is 1. The van der Waals surface area contributed by atoms with Crippen LogP contribution in [0.3, 0.4) is 0 Å². The molecule has 1 aliphatic carbocycles. The monoisotopic (exact) mass is 185 g/mol. The second kappa shape index (κ2) is 4.01. The molecule has 0 aromatic heterocycles. The third kappa shape index (κ3) is 1.80. The van der Waals surface area contributed by atoms with Crippen LogP contribution in [0.15, 0.2) is 0 Å². The standard InChI is InChI=1S/C10H19NS/c11-10(8-4-1-2-5-8)9-6-3-7-12-9/h8-10H,1-7,11H2. The lowest BCUT2D eigenvalue weighted by Crippen LogP contribution is -2.37. The minimum atomic E-state index is 0.514. The molecule has 2 rings (SSSR count). The molecule has 1 saturated carbocycles. The smallest absolute Gasteiger partial charge is 0.0202 e. The fraction of sp³-hybridized carbons (Fsp3) is 1.00. The fourth-order valence-electron chi connectivity index (χ4n) is 2.55. The highest BCUT2D eigenvalue weighted by atomic mass is 32.2. The molecular formula is C10H19NS. The van der Waals surface area contributed by atoms with E-state index in [9.17, 15) is 0 Å². The maximum atomic E-state index is 6.26. The van der Waals surface area contributed by atoms with Crippen LogP contribution < -0.4 is 5.73 Å². The lowest BCUT2D eigenvalue weighted by molar-refractivity contribution is 0.415. The van der Waals surface area contributed by atoms with Crippen LogP contribution in [0.2, 0.25) is 0 Å². The van der Waals surface area contributed by atoms with Gasteiger partial charge in [0.15, 0.2) is 0 Å². The second-order valence-corrected chi connectivity index (χ2v) is 5.52. The lowest BCUT2D eigenvalue weighted by Gasteiger charge is -2.24. The minimum absolute atomic E-state index is 0.514. The summed E-state index contributed by atoms with van der Waals surface area (Å²) in [7, 11) is 0. The van der Waals surface area contributed by atoms with Gasteiger partial charge < -0.3 is 5.73 Å². The average molecular weight is 185 g/mol. The van der Waals surface area contributed by atoms with Crippen LogP contribution in [-0.2, 0) is 0 Å². The first-order valence-electron chi connectivity index (χ1n) is 5.25. The molecule has 1 heterocycles. The number of thioether (sulfide) groups is 1. The Balaban J connectivity index is 1.84. The number of hydrogen-bond acceptors (Lipinski definition) is 2. The van der Waals surface area contributed by atoms with E-state index in [2.05, 4.69) is 11.8 Å². The molecule has 2 unspecified atom stereocenters. The Morgan fingerprint density at radius 3 is 2.42 bits per heavy atom. The molecule has 0 aromatic carbocycles. The first-order chi connectivity index (χ1) is 5.88. The minimum Gasteiger partial charge on any atom is -0.326 e. The highest BCUT2D eigenvalue weighted by molar-refractivity contribution is 8.00. The molecule has 0 aromatic rings. The van der Waals surface area contributed by atoms with Crippen LogP contribution in [0.25, 0.3) is 0 Å². The summed E-state index contributed by atoms with van der Waals surface area (Å²) in [6.45, 7) is 0. The normalized spacial score (nSPS) is 34.2. The maximum absolute atomic E-state index is 6.26. The van der Waals surface area contributed by atoms with Crippen LogP contribution in [-0.4, -0.2) is 17.0 Å². The first kappa shape index (κ1) is 8.89. The lowest BCUT2D eigenvalue weighted by atomic mass is 9.94. The van der Waals surface area contributed by atoms with E-state index in [1.807, 2.05) is 0 Å². The van der Waals surface area contributed by atoms with Gasteiger partial charge in [0.25, 0.3) is 0 Å². The van der Waals surface area contributed by atoms with Gasteiger partial charge in [-0.25, -0.2) is 0 Å². The summed E-state index contributed by atoms with van der Waals surface area (Å²) in [4.78, 5) is 0. The molecule has 2 atom stereocenters. The van der Waals surface area contributed by atoms with Gasteiger partial charge in [0.2, 0.25) is 0 Å². The molecule has 0 amide bonds. The Bertz CT molecular complexity index is 121. The van der Waals surface area contributed by atoms with Gasteiger partial charge in [0, 0.05) is 11.3 Å². The van der Waals surface area contributed by atoms with Crippen LogP contribution in [0.5, 0.6) is 0 Å². The van der Waals surface area contributed by atoms with Crippen LogP contribution in [0.1, 0.15) is 38.5 Å². The molecule has 70 valence electrons. The molecule has 1 aliphatic heterocycles. The zero-order valence-electron chi connectivity index (χ0n) is 7.67. The number of nitrogens with two attached hydrogens (primary N) is 1. The van der Waals surface area contributed by atoms with Crippen molar-refractivity contribution in [3.8, 4) is 0 Å². The fourth-order valence-corrected chi connectivity index (χ4v) is 3.97. The summed E-state index contributed by atoms with van der Waals surface area (Å²) in [5.41, 5.74) is 6.26. The van der Waals surface area contributed by atoms with Gasteiger partial charge in [-0.2, -0.15) is 11.8 Å². The quantitative estimate of drug-likeness (QED) is 0.715. The third-order valence-corrected chi connectivity index (χ3v) is 4.84. The molecule has 0 spiro atoms. The van der Waals surface area contributed by atoms with Gasteiger partial charge in [0.05, 0.1) is 0 Å². The van der Waals surface area contributed by atoms with E-state index in [-0.39, 0.29) is 0 Å². The summed E-state index contributed by atoms with van der Waals surface area (Å²) < 4.78 is 0. The molecule has 1 nitrogen and oxygen atoms in total. The zero-order chi connectivity index (χ0) is 8.39. The van der Waals surface area contributed by atoms with Gasteiger partial charge in [-0.1, -0.05) is 12.8 Å². The Hall–Kier alpha value is 0.310. The predicted octanol–water partition coefficient (Wildman–Crippen LogP) is 2.40. The summed E-state index contributed by atoms with van der Waals surface area (Å²) in [5.74, 6) is 2.21. The van der Waals surface area contributed by atoms with E-state index < -0.39 is 0 Å². The zero-order valence-corrected chi connectivity index (χ0v) is 8.48. The Kier molecular flexibility index (Phi) is 2.97. The third-order valence-electron chi connectivity index (χ3n) is 3.34. The van der Waals surface area contributed by atoms with Crippen LogP contribution >= 0.6 is 11.8 Å². The molecule has 2 aliphatic rings. The van der Waals surface area contributed by atoms with Gasteiger partial charge >= 0.3 is 0 Å². The van der Waals surface area contributed by atoms with Crippen molar-refractivity contribution in [2.75, 3.05) is 5.75 Å². The second-order valence-electron chi connectivity index (χ2n) is 4.17. The molecular weight excluding hydrogens is 166 g/mol. The van der Waals surface area contributed by atoms with E-state index in [0.717, 1.165) is 11.2 Å². The van der Waals surface area contributed by atoms with Crippen molar-refractivity contribution in [3.63, 3.8) is 0 Å². The Morgan fingerprint density at radius 2 is 1.83 bits per heavy atom. The summed E-state index contributed by atoms with van der Waals surface area (Å²) in [5, 5.41) is 0.799. The Labute approximate surface area is 79.5 Å². The van der Waals surface area contributed by atoms with Gasteiger partial charge in [-0.15, -0.1) is 0 Å². The van der Waals surface area contributed by atoms with E-state index in [4.69, 9.17) is 5.73 Å². The van der Waals surface area contributed by atoms with E-state index in [1.165, 1.54) is 44.3 Å². The SMILES string of the molecule is NC(C1CCCC1)C1CCCS1. The molecule has 12 heavy (non-hydrogen) atoms.